The van der Waals surface area contributed by atoms with Gasteiger partial charge in [-0.3, -0.25) is 4.90 Å². The first-order valence-corrected chi connectivity index (χ1v) is 7.27. The lowest BCUT2D eigenvalue weighted by Gasteiger charge is -2.32. The Balaban J connectivity index is 2.00. The van der Waals surface area contributed by atoms with Crippen LogP contribution in [0.15, 0.2) is 17.3 Å². The van der Waals surface area contributed by atoms with Crippen LogP contribution in [0.5, 0.6) is 0 Å². The van der Waals surface area contributed by atoms with Crippen LogP contribution in [0.4, 0.5) is 0 Å². The van der Waals surface area contributed by atoms with Gasteiger partial charge in [-0.15, -0.1) is 0 Å². The second-order valence-corrected chi connectivity index (χ2v) is 5.95. The SMILES string of the molecule is Cc1cc(C)c(CN2CCC(C(N)=NO)CC2)c(C)c1. The third kappa shape index (κ3) is 3.31. The van der Waals surface area contributed by atoms with E-state index >= 15 is 0 Å². The molecule has 110 valence electrons. The van der Waals surface area contributed by atoms with Gasteiger partial charge in [0.05, 0.1) is 0 Å². The number of piperidine rings is 1. The predicted molar refractivity (Wildman–Crippen MR) is 82.1 cm³/mol. The Hall–Kier alpha value is -1.55. The number of hydrogen-bond acceptors (Lipinski definition) is 3. The molecule has 0 bridgehead atoms. The largest absolute Gasteiger partial charge is 0.409 e. The zero-order valence-electron chi connectivity index (χ0n) is 12.7. The molecule has 1 aliphatic rings. The number of hydrogen-bond donors (Lipinski definition) is 2. The molecule has 0 aliphatic carbocycles. The fourth-order valence-electron chi connectivity index (χ4n) is 3.15. The topological polar surface area (TPSA) is 61.8 Å². The Morgan fingerprint density at radius 3 is 2.30 bits per heavy atom. The lowest BCUT2D eigenvalue weighted by atomic mass is 9.94. The number of likely N-dealkylation sites (tertiary alicyclic amines) is 1. The molecule has 2 rings (SSSR count). The van der Waals surface area contributed by atoms with Gasteiger partial charge in [0.1, 0.15) is 5.84 Å². The first-order chi connectivity index (χ1) is 9.51. The summed E-state index contributed by atoms with van der Waals surface area (Å²) in [6.45, 7) is 9.55. The van der Waals surface area contributed by atoms with Crippen LogP contribution in [0.2, 0.25) is 0 Å². The molecule has 1 heterocycles. The Bertz CT molecular complexity index is 479. The van der Waals surface area contributed by atoms with Gasteiger partial charge in [0.25, 0.3) is 0 Å². The van der Waals surface area contributed by atoms with Gasteiger partial charge < -0.3 is 10.9 Å². The van der Waals surface area contributed by atoms with Gasteiger partial charge in [-0.2, -0.15) is 0 Å². The van der Waals surface area contributed by atoms with Crippen molar-refractivity contribution in [1.82, 2.24) is 4.90 Å². The van der Waals surface area contributed by atoms with Crippen LogP contribution >= 0.6 is 0 Å². The summed E-state index contributed by atoms with van der Waals surface area (Å²) < 4.78 is 0. The highest BCUT2D eigenvalue weighted by Crippen LogP contribution is 2.23. The molecular formula is C16H25N3O. The number of aryl methyl sites for hydroxylation is 3. The molecule has 0 saturated carbocycles. The van der Waals surface area contributed by atoms with Crippen molar-refractivity contribution in [2.45, 2.75) is 40.2 Å². The molecule has 0 spiro atoms. The van der Waals surface area contributed by atoms with E-state index < -0.39 is 0 Å². The third-order valence-corrected chi connectivity index (χ3v) is 4.34. The summed E-state index contributed by atoms with van der Waals surface area (Å²) in [5.74, 6) is 0.615. The molecule has 4 heteroatoms. The molecule has 0 amide bonds. The number of nitrogens with two attached hydrogens (primary N) is 1. The number of amidine groups is 1. The summed E-state index contributed by atoms with van der Waals surface area (Å²) in [5.41, 5.74) is 11.2. The predicted octanol–water partition coefficient (Wildman–Crippen LogP) is 2.57. The van der Waals surface area contributed by atoms with Crippen LogP contribution in [0.1, 0.15) is 35.1 Å². The van der Waals surface area contributed by atoms with E-state index in [4.69, 9.17) is 10.9 Å². The Morgan fingerprint density at radius 1 is 1.25 bits per heavy atom. The monoisotopic (exact) mass is 275 g/mol. The second kappa shape index (κ2) is 6.27. The zero-order valence-corrected chi connectivity index (χ0v) is 12.7. The maximum absolute atomic E-state index is 8.74. The van der Waals surface area contributed by atoms with E-state index in [1.807, 2.05) is 0 Å². The van der Waals surface area contributed by atoms with Crippen molar-refractivity contribution < 1.29 is 5.21 Å². The average Bonchev–Trinajstić information content (AvgIpc) is 2.42. The highest BCUT2D eigenvalue weighted by atomic mass is 16.4. The highest BCUT2D eigenvalue weighted by Gasteiger charge is 2.22. The van der Waals surface area contributed by atoms with Crippen molar-refractivity contribution in [2.75, 3.05) is 13.1 Å². The summed E-state index contributed by atoms with van der Waals surface area (Å²) in [7, 11) is 0. The average molecular weight is 275 g/mol. The minimum atomic E-state index is 0.233. The van der Waals surface area contributed by atoms with Crippen LogP contribution in [-0.4, -0.2) is 29.0 Å². The minimum Gasteiger partial charge on any atom is -0.409 e. The fourth-order valence-corrected chi connectivity index (χ4v) is 3.15. The van der Waals surface area contributed by atoms with Crippen LogP contribution in [0.3, 0.4) is 0 Å². The van der Waals surface area contributed by atoms with Gasteiger partial charge >= 0.3 is 0 Å². The first kappa shape index (κ1) is 14.9. The molecule has 1 saturated heterocycles. The molecule has 1 fully saturated rings. The van der Waals surface area contributed by atoms with Crippen molar-refractivity contribution in [1.29, 1.82) is 0 Å². The summed E-state index contributed by atoms with van der Waals surface area (Å²) in [6, 6.07) is 4.51. The number of nitrogens with zero attached hydrogens (tertiary/aromatic N) is 2. The van der Waals surface area contributed by atoms with Gasteiger partial charge in [-0.1, -0.05) is 22.9 Å². The van der Waals surface area contributed by atoms with Crippen molar-refractivity contribution in [3.63, 3.8) is 0 Å². The third-order valence-electron chi connectivity index (χ3n) is 4.34. The van der Waals surface area contributed by atoms with Crippen molar-refractivity contribution in [2.24, 2.45) is 16.8 Å². The molecule has 1 aromatic carbocycles. The smallest absolute Gasteiger partial charge is 0.142 e. The summed E-state index contributed by atoms with van der Waals surface area (Å²) in [5, 5.41) is 11.9. The normalized spacial score (nSPS) is 18.4. The van der Waals surface area contributed by atoms with Crippen LogP contribution in [0, 0.1) is 26.7 Å². The van der Waals surface area contributed by atoms with Gasteiger partial charge in [0.2, 0.25) is 0 Å². The van der Waals surface area contributed by atoms with E-state index in [9.17, 15) is 0 Å². The van der Waals surface area contributed by atoms with E-state index in [1.54, 1.807) is 0 Å². The molecule has 0 unspecified atom stereocenters. The quantitative estimate of drug-likeness (QED) is 0.386. The summed E-state index contributed by atoms with van der Waals surface area (Å²) in [4.78, 5) is 2.46. The van der Waals surface area contributed by atoms with Crippen LogP contribution in [-0.2, 0) is 6.54 Å². The Kier molecular flexibility index (Phi) is 4.65. The van der Waals surface area contributed by atoms with Crippen LogP contribution < -0.4 is 5.73 Å². The number of rotatable bonds is 3. The molecule has 0 radical (unpaired) electrons. The standard InChI is InChI=1S/C16H25N3O/c1-11-8-12(2)15(13(3)9-11)10-19-6-4-14(5-7-19)16(17)18-20/h8-9,14,20H,4-7,10H2,1-3H3,(H2,17,18). The van der Waals surface area contributed by atoms with E-state index in [0.717, 1.165) is 32.5 Å². The molecular weight excluding hydrogens is 250 g/mol. The van der Waals surface area contributed by atoms with Crippen molar-refractivity contribution >= 4 is 5.84 Å². The van der Waals surface area contributed by atoms with E-state index in [-0.39, 0.29) is 5.92 Å². The van der Waals surface area contributed by atoms with Crippen LogP contribution in [0.25, 0.3) is 0 Å². The van der Waals surface area contributed by atoms with Gasteiger partial charge in [-0.25, -0.2) is 0 Å². The van der Waals surface area contributed by atoms with Gasteiger partial charge in [0.15, 0.2) is 0 Å². The number of oxime groups is 1. The lowest BCUT2D eigenvalue weighted by Crippen LogP contribution is -2.38. The minimum absolute atomic E-state index is 0.233. The Labute approximate surface area is 121 Å². The maximum Gasteiger partial charge on any atom is 0.142 e. The molecule has 0 aromatic heterocycles. The lowest BCUT2D eigenvalue weighted by molar-refractivity contribution is 0.198. The van der Waals surface area contributed by atoms with E-state index in [0.29, 0.717) is 5.84 Å². The molecule has 4 nitrogen and oxygen atoms in total. The molecule has 1 aromatic rings. The molecule has 3 N–H and O–H groups in total. The van der Waals surface area contributed by atoms with Gasteiger partial charge in [0, 0.05) is 12.5 Å². The number of benzene rings is 1. The molecule has 0 atom stereocenters. The second-order valence-electron chi connectivity index (χ2n) is 5.95. The maximum atomic E-state index is 8.74. The van der Waals surface area contributed by atoms with Gasteiger partial charge in [-0.05, 0) is 63.4 Å². The molecule has 1 aliphatic heterocycles. The first-order valence-electron chi connectivity index (χ1n) is 7.27. The highest BCUT2D eigenvalue weighted by molar-refractivity contribution is 5.82. The van der Waals surface area contributed by atoms with Crippen molar-refractivity contribution in [3.05, 3.63) is 34.4 Å². The van der Waals surface area contributed by atoms with E-state index in [2.05, 4.69) is 43.0 Å². The van der Waals surface area contributed by atoms with Crippen molar-refractivity contribution in [3.8, 4) is 0 Å². The fraction of sp³-hybridized carbons (Fsp3) is 0.562. The summed E-state index contributed by atoms with van der Waals surface area (Å²) in [6.07, 6.45) is 1.94. The Morgan fingerprint density at radius 2 is 1.80 bits per heavy atom. The molecule has 20 heavy (non-hydrogen) atoms. The van der Waals surface area contributed by atoms with E-state index in [1.165, 1.54) is 22.3 Å². The zero-order chi connectivity index (χ0) is 14.7. The summed E-state index contributed by atoms with van der Waals surface area (Å²) >= 11 is 0.